The lowest BCUT2D eigenvalue weighted by atomic mass is 10.0. The number of carbonyl (C=O) groups excluding carboxylic acids is 2. The molecule has 0 heterocycles. The zero-order valence-corrected chi connectivity index (χ0v) is 40.6. The second kappa shape index (κ2) is 50.7. The van der Waals surface area contributed by atoms with E-state index >= 15 is 0 Å². The number of aliphatic hydroxyl groups is 2. The minimum absolute atomic E-state index is 0.00698. The summed E-state index contributed by atoms with van der Waals surface area (Å²) in [6, 6.07) is -0.629. The van der Waals surface area contributed by atoms with Gasteiger partial charge in [-0.25, -0.2) is 0 Å². The molecule has 0 fully saturated rings. The Bertz CT molecular complexity index is 993. The van der Waals surface area contributed by atoms with Crippen molar-refractivity contribution in [2.45, 2.75) is 289 Å². The lowest BCUT2D eigenvalue weighted by molar-refractivity contribution is -0.143. The van der Waals surface area contributed by atoms with Crippen molar-refractivity contribution >= 4 is 11.9 Å². The molecule has 0 rings (SSSR count). The summed E-state index contributed by atoms with van der Waals surface area (Å²) in [4.78, 5) is 24.4. The van der Waals surface area contributed by atoms with Crippen molar-refractivity contribution in [1.29, 1.82) is 0 Å². The first-order chi connectivity index (χ1) is 30.0. The van der Waals surface area contributed by atoms with Gasteiger partial charge in [0.1, 0.15) is 0 Å². The molecule has 6 heteroatoms. The highest BCUT2D eigenvalue weighted by Gasteiger charge is 2.18. The standard InChI is InChI=1S/C55H103NO5/c1-3-5-7-9-11-13-15-16-25-29-33-37-41-45-49-55(60)61-50-46-42-38-34-30-26-23-21-19-17-18-20-22-24-28-32-36-40-44-48-54(59)56-52(51-57)53(58)47-43-39-35-31-27-14-12-10-8-6-4-2/h9,11,15-16,43,47,52-53,57-58H,3-8,10,12-14,17-42,44-46,48-51H2,1-2H3,(H,56,59)/b11-9-,16-15-,47-43+. The summed E-state index contributed by atoms with van der Waals surface area (Å²) in [5.41, 5.74) is 0. The molecule has 0 radical (unpaired) electrons. The van der Waals surface area contributed by atoms with Gasteiger partial charge in [0.05, 0.1) is 25.4 Å². The van der Waals surface area contributed by atoms with Crippen molar-refractivity contribution in [2.24, 2.45) is 0 Å². The molecule has 2 unspecified atom stereocenters. The van der Waals surface area contributed by atoms with E-state index in [4.69, 9.17) is 4.74 Å². The highest BCUT2D eigenvalue weighted by atomic mass is 16.5. The Labute approximate surface area is 379 Å². The van der Waals surface area contributed by atoms with Gasteiger partial charge in [0.25, 0.3) is 0 Å². The number of carbonyl (C=O) groups is 2. The molecule has 0 saturated carbocycles. The molecule has 6 nitrogen and oxygen atoms in total. The first-order valence-electron chi connectivity index (χ1n) is 26.8. The van der Waals surface area contributed by atoms with Gasteiger partial charge >= 0.3 is 5.97 Å². The van der Waals surface area contributed by atoms with Gasteiger partial charge in [-0.2, -0.15) is 0 Å². The molecule has 0 saturated heterocycles. The molecule has 0 bridgehead atoms. The van der Waals surface area contributed by atoms with E-state index in [2.05, 4.69) is 43.5 Å². The molecule has 0 aromatic carbocycles. The molecule has 358 valence electrons. The predicted octanol–water partition coefficient (Wildman–Crippen LogP) is 16.1. The van der Waals surface area contributed by atoms with Gasteiger partial charge in [0.2, 0.25) is 5.91 Å². The Morgan fingerprint density at radius 2 is 0.836 bits per heavy atom. The minimum Gasteiger partial charge on any atom is -0.466 e. The zero-order valence-electron chi connectivity index (χ0n) is 40.6. The molecular weight excluding hydrogens is 755 g/mol. The number of unbranched alkanes of at least 4 members (excludes halogenated alkanes) is 34. The maximum absolute atomic E-state index is 12.4. The Morgan fingerprint density at radius 1 is 0.459 bits per heavy atom. The summed E-state index contributed by atoms with van der Waals surface area (Å²) in [7, 11) is 0. The van der Waals surface area contributed by atoms with Crippen LogP contribution in [0, 0.1) is 0 Å². The fourth-order valence-electron chi connectivity index (χ4n) is 8.00. The lowest BCUT2D eigenvalue weighted by Crippen LogP contribution is -2.45. The molecular formula is C55H103NO5. The fraction of sp³-hybridized carbons (Fsp3) is 0.855. The van der Waals surface area contributed by atoms with Crippen molar-refractivity contribution < 1.29 is 24.5 Å². The van der Waals surface area contributed by atoms with Gasteiger partial charge < -0.3 is 20.3 Å². The second-order valence-corrected chi connectivity index (χ2v) is 18.2. The molecule has 3 N–H and O–H groups in total. The second-order valence-electron chi connectivity index (χ2n) is 18.2. The highest BCUT2D eigenvalue weighted by molar-refractivity contribution is 5.76. The van der Waals surface area contributed by atoms with Crippen molar-refractivity contribution in [3.63, 3.8) is 0 Å². The normalized spacial score (nSPS) is 12.9. The van der Waals surface area contributed by atoms with E-state index in [1.165, 1.54) is 199 Å². The lowest BCUT2D eigenvalue weighted by Gasteiger charge is -2.20. The number of amides is 1. The molecule has 0 aliphatic carbocycles. The number of allylic oxidation sites excluding steroid dienone is 5. The predicted molar refractivity (Wildman–Crippen MR) is 264 cm³/mol. The maximum Gasteiger partial charge on any atom is 0.305 e. The number of aliphatic hydroxyl groups excluding tert-OH is 2. The first kappa shape index (κ1) is 59.1. The van der Waals surface area contributed by atoms with E-state index in [1.807, 2.05) is 6.08 Å². The van der Waals surface area contributed by atoms with Gasteiger partial charge in [0, 0.05) is 12.8 Å². The van der Waals surface area contributed by atoms with Crippen LogP contribution in [0.25, 0.3) is 0 Å². The number of nitrogens with one attached hydrogen (secondary N) is 1. The summed E-state index contributed by atoms with van der Waals surface area (Å²) in [5.74, 6) is -0.0799. The van der Waals surface area contributed by atoms with Crippen LogP contribution >= 0.6 is 0 Å². The van der Waals surface area contributed by atoms with E-state index in [0.717, 1.165) is 51.4 Å². The molecule has 0 aliphatic rings. The fourth-order valence-corrected chi connectivity index (χ4v) is 8.00. The van der Waals surface area contributed by atoms with Gasteiger partial charge in [-0.15, -0.1) is 0 Å². The summed E-state index contributed by atoms with van der Waals surface area (Å²) < 4.78 is 5.46. The number of hydrogen-bond acceptors (Lipinski definition) is 5. The van der Waals surface area contributed by atoms with E-state index < -0.39 is 12.1 Å². The van der Waals surface area contributed by atoms with Gasteiger partial charge in [0.15, 0.2) is 0 Å². The monoisotopic (exact) mass is 858 g/mol. The average molecular weight is 858 g/mol. The van der Waals surface area contributed by atoms with Crippen LogP contribution in [0.1, 0.15) is 277 Å². The highest BCUT2D eigenvalue weighted by Crippen LogP contribution is 2.16. The van der Waals surface area contributed by atoms with Crippen LogP contribution in [0.4, 0.5) is 0 Å². The first-order valence-corrected chi connectivity index (χ1v) is 26.8. The maximum atomic E-state index is 12.4. The van der Waals surface area contributed by atoms with E-state index in [0.29, 0.717) is 19.4 Å². The molecule has 61 heavy (non-hydrogen) atoms. The summed E-state index contributed by atoms with van der Waals surface area (Å²) >= 11 is 0. The van der Waals surface area contributed by atoms with Crippen molar-refractivity contribution in [2.75, 3.05) is 13.2 Å². The molecule has 0 aromatic heterocycles. The smallest absolute Gasteiger partial charge is 0.305 e. The van der Waals surface area contributed by atoms with Crippen LogP contribution in [0.3, 0.4) is 0 Å². The average Bonchev–Trinajstić information content (AvgIpc) is 3.26. The number of hydrogen-bond donors (Lipinski definition) is 3. The topological polar surface area (TPSA) is 95.9 Å². The molecule has 0 aromatic rings. The number of rotatable bonds is 49. The molecule has 0 aliphatic heterocycles. The largest absolute Gasteiger partial charge is 0.466 e. The minimum atomic E-state index is -0.845. The van der Waals surface area contributed by atoms with Gasteiger partial charge in [-0.05, 0) is 57.8 Å². The van der Waals surface area contributed by atoms with Crippen LogP contribution in [-0.2, 0) is 14.3 Å². The third-order valence-corrected chi connectivity index (χ3v) is 12.2. The summed E-state index contributed by atoms with van der Waals surface area (Å²) in [6.45, 7) is 4.83. The van der Waals surface area contributed by atoms with Crippen LogP contribution < -0.4 is 5.32 Å². The van der Waals surface area contributed by atoms with Gasteiger partial charge in [-0.3, -0.25) is 9.59 Å². The summed E-state index contributed by atoms with van der Waals surface area (Å²) in [5, 5.41) is 23.0. The van der Waals surface area contributed by atoms with Crippen LogP contribution in [0.5, 0.6) is 0 Å². The van der Waals surface area contributed by atoms with Crippen LogP contribution in [-0.4, -0.2) is 47.4 Å². The summed E-state index contributed by atoms with van der Waals surface area (Å²) in [6.07, 6.45) is 61.5. The quantitative estimate of drug-likeness (QED) is 0.0322. The van der Waals surface area contributed by atoms with Crippen molar-refractivity contribution in [1.82, 2.24) is 5.32 Å². The van der Waals surface area contributed by atoms with E-state index in [9.17, 15) is 19.8 Å². The molecule has 1 amide bonds. The Balaban J connectivity index is 3.42. The van der Waals surface area contributed by atoms with E-state index in [1.54, 1.807) is 6.08 Å². The van der Waals surface area contributed by atoms with Crippen LogP contribution in [0.2, 0.25) is 0 Å². The third-order valence-electron chi connectivity index (χ3n) is 12.2. The zero-order chi connectivity index (χ0) is 44.4. The Morgan fingerprint density at radius 3 is 1.30 bits per heavy atom. The van der Waals surface area contributed by atoms with E-state index in [-0.39, 0.29) is 18.5 Å². The van der Waals surface area contributed by atoms with Gasteiger partial charge in [-0.1, -0.05) is 243 Å². The van der Waals surface area contributed by atoms with Crippen LogP contribution in [0.15, 0.2) is 36.5 Å². The Hall–Kier alpha value is -1.92. The SMILES string of the molecule is CCCC/C=C\C/C=C\CCCCCCCC(=O)OCCCCCCCCCCCCCCCCCCCCCC(=O)NC(CO)C(O)/C=C/CCCCCCCCCCC. The molecule has 0 spiro atoms. The van der Waals surface area contributed by atoms with Crippen molar-refractivity contribution in [3.8, 4) is 0 Å². The van der Waals surface area contributed by atoms with Crippen molar-refractivity contribution in [3.05, 3.63) is 36.5 Å². The molecule has 2 atom stereocenters. The Kier molecular flexibility index (Phi) is 49.1. The number of ether oxygens (including phenoxy) is 1. The number of esters is 1. The third kappa shape index (κ3) is 47.4.